The first-order valence-corrected chi connectivity index (χ1v) is 10.6. The van der Waals surface area contributed by atoms with Gasteiger partial charge in [0.15, 0.2) is 0 Å². The number of hydrogen-bond acceptors (Lipinski definition) is 0. The van der Waals surface area contributed by atoms with Crippen molar-refractivity contribution >= 4 is 17.8 Å². The van der Waals surface area contributed by atoms with Gasteiger partial charge in [-0.2, -0.15) is 0 Å². The second-order valence-electron chi connectivity index (χ2n) is 5.30. The van der Waals surface area contributed by atoms with E-state index in [0.29, 0.717) is 0 Å². The summed E-state index contributed by atoms with van der Waals surface area (Å²) in [6.07, 6.45) is 0. The Morgan fingerprint density at radius 1 is 0.269 bits per heavy atom. The summed E-state index contributed by atoms with van der Waals surface area (Å²) >= 11 is 2.06. The summed E-state index contributed by atoms with van der Waals surface area (Å²) < 4.78 is 5.48. The first-order valence-electron chi connectivity index (χ1n) is 8.35. The van der Waals surface area contributed by atoms with Crippen LogP contribution in [-0.4, -0.2) is 0 Å². The van der Waals surface area contributed by atoms with E-state index in [9.17, 15) is 0 Å². The molecule has 26 heavy (non-hydrogen) atoms. The minimum atomic E-state index is 1.03. The third kappa shape index (κ3) is 6.67. The second-order valence-corrected chi connectivity index (χ2v) is 8.40. The van der Waals surface area contributed by atoms with E-state index < -0.39 is 0 Å². The molecule has 132 valence electrons. The summed E-state index contributed by atoms with van der Waals surface area (Å²) in [6, 6.07) is 42.1. The zero-order valence-corrected chi connectivity index (χ0v) is 16.5. The molecule has 0 atom stereocenters. The first-order chi connectivity index (χ1) is 12.9. The molecule has 0 bridgehead atoms. The molecule has 0 radical (unpaired) electrons. The predicted molar refractivity (Wildman–Crippen MR) is 104 cm³/mol. The maximum atomic E-state index is 2.16. The van der Waals surface area contributed by atoms with Gasteiger partial charge in [0.2, 0.25) is 0 Å². The molecule has 0 aliphatic carbocycles. The van der Waals surface area contributed by atoms with Gasteiger partial charge < -0.3 is 0 Å². The van der Waals surface area contributed by atoms with Crippen LogP contribution in [0.15, 0.2) is 121 Å². The van der Waals surface area contributed by atoms with E-state index in [1.165, 1.54) is 17.8 Å². The van der Waals surface area contributed by atoms with Crippen LogP contribution in [0.2, 0.25) is 0 Å². The summed E-state index contributed by atoms with van der Waals surface area (Å²) in [5.74, 6) is 0. The van der Waals surface area contributed by atoms with Crippen molar-refractivity contribution in [3.05, 3.63) is 121 Å². The van der Waals surface area contributed by atoms with Gasteiger partial charge in [0.1, 0.15) is 0 Å². The van der Waals surface area contributed by atoms with Gasteiger partial charge in [0, 0.05) is 0 Å². The fourth-order valence-corrected chi connectivity index (χ4v) is 4.43. The summed E-state index contributed by atoms with van der Waals surface area (Å²) in [4.78, 5) is 0. The molecule has 0 fully saturated rings. The van der Waals surface area contributed by atoms with Crippen LogP contribution in [0.3, 0.4) is 0 Å². The average Bonchev–Trinajstić information content (AvgIpc) is 2.72. The molecule has 0 saturated heterocycles. The van der Waals surface area contributed by atoms with Crippen molar-refractivity contribution in [1.82, 2.24) is 0 Å². The molecule has 0 spiro atoms. The summed E-state index contributed by atoms with van der Waals surface area (Å²) in [5, 5.41) is 0. The van der Waals surface area contributed by atoms with E-state index in [0.717, 1.165) is 29.9 Å². The van der Waals surface area contributed by atoms with E-state index in [4.69, 9.17) is 0 Å². The molecule has 0 heterocycles. The van der Waals surface area contributed by atoms with Crippen LogP contribution in [0.25, 0.3) is 0 Å². The second kappa shape index (κ2) is 10.8. The van der Waals surface area contributed by atoms with Gasteiger partial charge in [-0.25, -0.2) is 0 Å². The number of rotatable bonds is 4. The molecule has 2 heteroatoms. The van der Waals surface area contributed by atoms with Gasteiger partial charge in [0.25, 0.3) is 0 Å². The zero-order valence-electron chi connectivity index (χ0n) is 14.3. The van der Waals surface area contributed by atoms with Crippen molar-refractivity contribution in [3.63, 3.8) is 0 Å². The normalized spacial score (nSPS) is 10.2. The van der Waals surface area contributed by atoms with E-state index >= 15 is 0 Å². The van der Waals surface area contributed by atoms with Crippen LogP contribution >= 0.6 is 0 Å². The van der Waals surface area contributed by atoms with Gasteiger partial charge in [-0.1, -0.05) is 0 Å². The van der Waals surface area contributed by atoms with Crippen LogP contribution in [0.5, 0.6) is 0 Å². The molecule has 0 unspecified atom stereocenters. The Balaban J connectivity index is 0.000000151. The maximum absolute atomic E-state index is 2.16. The van der Waals surface area contributed by atoms with Gasteiger partial charge in [-0.3, -0.25) is 0 Å². The summed E-state index contributed by atoms with van der Waals surface area (Å²) in [6.45, 7) is 0. The quantitative estimate of drug-likeness (QED) is 0.444. The predicted octanol–water partition coefficient (Wildman–Crippen LogP) is 3.44. The van der Waals surface area contributed by atoms with E-state index in [1.54, 1.807) is 0 Å². The molecule has 0 aliphatic rings. The van der Waals surface area contributed by atoms with E-state index in [2.05, 4.69) is 121 Å². The van der Waals surface area contributed by atoms with Gasteiger partial charge in [0.05, 0.1) is 0 Å². The number of benzene rings is 4. The molecule has 4 rings (SSSR count). The number of hydrogen-bond donors (Lipinski definition) is 0. The third-order valence-electron chi connectivity index (χ3n) is 3.31. The monoisotopic (exact) mass is 420 g/mol. The summed E-state index contributed by atoms with van der Waals surface area (Å²) in [7, 11) is 0. The topological polar surface area (TPSA) is 0 Å². The zero-order chi connectivity index (χ0) is 17.9. The minimum absolute atomic E-state index is 1.03. The Bertz CT molecular complexity index is 709. The summed E-state index contributed by atoms with van der Waals surface area (Å²) in [5.41, 5.74) is 0. The van der Waals surface area contributed by atoms with Crippen LogP contribution in [0, 0.1) is 0 Å². The molecule has 4 aromatic rings. The SMILES string of the molecule is c1cc[c]([Fe][c]2ccccc2)cc1.c1cc[c]([Fe][c]2ccccc2)cc1. The fraction of sp³-hybridized carbons (Fsp3) is 0. The molecule has 0 aromatic heterocycles. The van der Waals surface area contributed by atoms with Crippen LogP contribution < -0.4 is 17.8 Å². The molecule has 0 amide bonds. The first kappa shape index (κ1) is 18.7. The fourth-order valence-electron chi connectivity index (χ4n) is 2.11. The van der Waals surface area contributed by atoms with E-state index in [1.807, 2.05) is 0 Å². The van der Waals surface area contributed by atoms with Crippen LogP contribution in [0.4, 0.5) is 0 Å². The van der Waals surface area contributed by atoms with Crippen molar-refractivity contribution in [1.29, 1.82) is 0 Å². The average molecular weight is 420 g/mol. The Labute approximate surface area is 168 Å². The molecule has 0 saturated carbocycles. The van der Waals surface area contributed by atoms with Crippen molar-refractivity contribution in [3.8, 4) is 0 Å². The van der Waals surface area contributed by atoms with Gasteiger partial charge in [-0.15, -0.1) is 0 Å². The molecule has 0 N–H and O–H groups in total. The third-order valence-corrected chi connectivity index (χ3v) is 6.06. The van der Waals surface area contributed by atoms with E-state index in [-0.39, 0.29) is 0 Å². The Hall–Kier alpha value is -2.08. The standard InChI is InChI=1S/4C6H5.2Fe/c4*1-2-4-6-5-3-1;;/h4*1-5H;;. The van der Waals surface area contributed by atoms with Crippen molar-refractivity contribution in [2.75, 3.05) is 0 Å². The Morgan fingerprint density at radius 3 is 0.654 bits per heavy atom. The molecule has 4 aromatic carbocycles. The van der Waals surface area contributed by atoms with Crippen LogP contribution in [-0.2, 0) is 29.9 Å². The van der Waals surface area contributed by atoms with Gasteiger partial charge >= 0.3 is 169 Å². The Kier molecular flexibility index (Phi) is 7.77. The molecule has 0 aliphatic heterocycles. The molecular formula is C24H20Fe2. The van der Waals surface area contributed by atoms with Crippen LogP contribution in [0.1, 0.15) is 0 Å². The van der Waals surface area contributed by atoms with Crippen molar-refractivity contribution in [2.24, 2.45) is 0 Å². The van der Waals surface area contributed by atoms with Crippen molar-refractivity contribution in [2.45, 2.75) is 0 Å². The van der Waals surface area contributed by atoms with Gasteiger partial charge in [-0.05, 0) is 0 Å². The van der Waals surface area contributed by atoms with Crippen molar-refractivity contribution < 1.29 is 29.9 Å². The molecular weight excluding hydrogens is 400 g/mol. The Morgan fingerprint density at radius 2 is 0.462 bits per heavy atom. The molecule has 0 nitrogen and oxygen atoms in total.